The fourth-order valence-electron chi connectivity index (χ4n) is 1.96. The summed E-state index contributed by atoms with van der Waals surface area (Å²) in [6, 6.07) is 12.5. The Kier molecular flexibility index (Phi) is 2.59. The van der Waals surface area contributed by atoms with Gasteiger partial charge < -0.3 is 4.42 Å². The normalized spacial score (nSPS) is 11.0. The Morgan fingerprint density at radius 3 is 2.83 bits per heavy atom. The number of hydrogen-bond acceptors (Lipinski definition) is 2. The van der Waals surface area contributed by atoms with Crippen LogP contribution in [0.15, 0.2) is 46.9 Å². The van der Waals surface area contributed by atoms with Crippen LogP contribution in [0.25, 0.3) is 11.1 Å². The Morgan fingerprint density at radius 1 is 1.17 bits per heavy atom. The van der Waals surface area contributed by atoms with Gasteiger partial charge in [-0.2, -0.15) is 0 Å². The molecule has 0 amide bonds. The van der Waals surface area contributed by atoms with Crippen molar-refractivity contribution in [3.8, 4) is 0 Å². The third kappa shape index (κ3) is 1.99. The lowest BCUT2D eigenvalue weighted by Crippen LogP contribution is -1.91. The zero-order valence-electron chi connectivity index (χ0n) is 9.98. The van der Waals surface area contributed by atoms with Crippen molar-refractivity contribution in [3.05, 3.63) is 65.3 Å². The summed E-state index contributed by atoms with van der Waals surface area (Å²) in [5.74, 6) is 0.316. The van der Waals surface area contributed by atoms with Gasteiger partial charge in [-0.1, -0.05) is 24.3 Å². The van der Waals surface area contributed by atoms with Gasteiger partial charge in [0.05, 0.1) is 6.42 Å². The van der Waals surface area contributed by atoms with E-state index in [1.54, 1.807) is 12.1 Å². The number of halogens is 1. The molecule has 2 nitrogen and oxygen atoms in total. The number of rotatable bonds is 2. The van der Waals surface area contributed by atoms with Crippen LogP contribution in [-0.4, -0.2) is 4.98 Å². The maximum absolute atomic E-state index is 13.5. The van der Waals surface area contributed by atoms with Gasteiger partial charge in [-0.05, 0) is 36.2 Å². The van der Waals surface area contributed by atoms with Gasteiger partial charge in [0.1, 0.15) is 11.3 Å². The minimum Gasteiger partial charge on any atom is -0.440 e. The molecule has 0 bridgehead atoms. The van der Waals surface area contributed by atoms with E-state index in [1.807, 2.05) is 31.2 Å². The molecular weight excluding hydrogens is 229 g/mol. The Labute approximate surface area is 104 Å². The maximum atomic E-state index is 13.5. The molecule has 1 aromatic heterocycles. The average Bonchev–Trinajstić information content (AvgIpc) is 2.73. The molecule has 0 aliphatic carbocycles. The first-order chi connectivity index (χ1) is 8.72. The second kappa shape index (κ2) is 4.26. The summed E-state index contributed by atoms with van der Waals surface area (Å²) in [6.07, 6.45) is 0.375. The van der Waals surface area contributed by atoms with Crippen LogP contribution in [-0.2, 0) is 6.42 Å². The number of aryl methyl sites for hydroxylation is 1. The van der Waals surface area contributed by atoms with Gasteiger partial charge in [0.15, 0.2) is 11.5 Å². The maximum Gasteiger partial charge on any atom is 0.200 e. The fraction of sp³-hybridized carbons (Fsp3) is 0.133. The van der Waals surface area contributed by atoms with E-state index in [0.717, 1.165) is 16.7 Å². The largest absolute Gasteiger partial charge is 0.440 e. The van der Waals surface area contributed by atoms with Gasteiger partial charge in [-0.15, -0.1) is 0 Å². The average molecular weight is 241 g/mol. The molecule has 0 aliphatic rings. The highest BCUT2D eigenvalue weighted by molar-refractivity contribution is 5.73. The highest BCUT2D eigenvalue weighted by atomic mass is 19.1. The van der Waals surface area contributed by atoms with Crippen LogP contribution in [0, 0.1) is 12.7 Å². The number of hydrogen-bond donors (Lipinski definition) is 0. The Morgan fingerprint density at radius 2 is 2.00 bits per heavy atom. The lowest BCUT2D eigenvalue weighted by Gasteiger charge is -1.98. The summed E-state index contributed by atoms with van der Waals surface area (Å²) in [7, 11) is 0. The number of fused-ring (bicyclic) bond motifs is 1. The fourth-order valence-corrected chi connectivity index (χ4v) is 1.96. The first-order valence-corrected chi connectivity index (χ1v) is 5.82. The molecule has 1 heterocycles. The van der Waals surface area contributed by atoms with Crippen LogP contribution < -0.4 is 0 Å². The Balaban J connectivity index is 1.98. The van der Waals surface area contributed by atoms with Crippen molar-refractivity contribution in [1.29, 1.82) is 0 Å². The molecule has 3 aromatic rings. The smallest absolute Gasteiger partial charge is 0.200 e. The predicted octanol–water partition coefficient (Wildman–Crippen LogP) is 3.87. The lowest BCUT2D eigenvalue weighted by atomic mass is 10.1. The molecule has 0 aliphatic heterocycles. The van der Waals surface area contributed by atoms with E-state index in [9.17, 15) is 4.39 Å². The molecule has 0 radical (unpaired) electrons. The second-order valence-corrected chi connectivity index (χ2v) is 4.35. The number of nitrogens with zero attached hydrogens (tertiary/aromatic N) is 1. The minimum absolute atomic E-state index is 0.226. The summed E-state index contributed by atoms with van der Waals surface area (Å²) in [5.41, 5.74) is 3.28. The van der Waals surface area contributed by atoms with E-state index < -0.39 is 0 Å². The van der Waals surface area contributed by atoms with Crippen LogP contribution in [0.1, 0.15) is 17.0 Å². The number of benzene rings is 2. The molecule has 0 spiro atoms. The first-order valence-electron chi connectivity index (χ1n) is 5.82. The Bertz CT molecular complexity index is 703. The molecule has 3 heteroatoms. The standard InChI is InChI=1S/C15H12FNO/c1-10-6-7-13-14(8-10)18-15(17-13)9-11-4-2-3-5-12(11)16/h2-8H,9H2,1H3. The van der Waals surface area contributed by atoms with Crippen LogP contribution in [0.2, 0.25) is 0 Å². The van der Waals surface area contributed by atoms with Gasteiger partial charge in [-0.3, -0.25) is 0 Å². The van der Waals surface area contributed by atoms with Crippen LogP contribution >= 0.6 is 0 Å². The SMILES string of the molecule is Cc1ccc2nc(Cc3ccccc3F)oc2c1. The molecule has 0 N–H and O–H groups in total. The van der Waals surface area contributed by atoms with E-state index >= 15 is 0 Å². The summed E-state index contributed by atoms with van der Waals surface area (Å²) in [4.78, 5) is 4.36. The topological polar surface area (TPSA) is 26.0 Å². The van der Waals surface area contributed by atoms with Gasteiger partial charge in [0.2, 0.25) is 0 Å². The van der Waals surface area contributed by atoms with E-state index in [-0.39, 0.29) is 5.82 Å². The van der Waals surface area contributed by atoms with Crippen molar-refractivity contribution in [2.24, 2.45) is 0 Å². The van der Waals surface area contributed by atoms with Gasteiger partial charge in [0, 0.05) is 0 Å². The van der Waals surface area contributed by atoms with E-state index in [0.29, 0.717) is 17.9 Å². The molecule has 0 saturated heterocycles. The van der Waals surface area contributed by atoms with Crippen LogP contribution in [0.3, 0.4) is 0 Å². The van der Waals surface area contributed by atoms with Crippen molar-refractivity contribution in [2.45, 2.75) is 13.3 Å². The van der Waals surface area contributed by atoms with Gasteiger partial charge in [-0.25, -0.2) is 9.37 Å². The zero-order valence-corrected chi connectivity index (χ0v) is 9.98. The summed E-state index contributed by atoms with van der Waals surface area (Å²) in [5, 5.41) is 0. The zero-order chi connectivity index (χ0) is 12.5. The summed E-state index contributed by atoms with van der Waals surface area (Å²) < 4.78 is 19.2. The molecule has 3 rings (SSSR count). The molecule has 0 unspecified atom stereocenters. The third-order valence-corrected chi connectivity index (χ3v) is 2.89. The minimum atomic E-state index is -0.226. The molecule has 90 valence electrons. The van der Waals surface area contributed by atoms with Crippen molar-refractivity contribution in [2.75, 3.05) is 0 Å². The number of aromatic nitrogens is 1. The van der Waals surface area contributed by atoms with E-state index in [4.69, 9.17) is 4.42 Å². The van der Waals surface area contributed by atoms with Crippen molar-refractivity contribution in [3.63, 3.8) is 0 Å². The molecule has 0 atom stereocenters. The van der Waals surface area contributed by atoms with Gasteiger partial charge in [0.25, 0.3) is 0 Å². The van der Waals surface area contributed by atoms with Crippen LogP contribution in [0.4, 0.5) is 4.39 Å². The predicted molar refractivity (Wildman–Crippen MR) is 68.0 cm³/mol. The molecule has 0 saturated carbocycles. The molecule has 2 aromatic carbocycles. The third-order valence-electron chi connectivity index (χ3n) is 2.89. The first kappa shape index (κ1) is 11.0. The molecule has 18 heavy (non-hydrogen) atoms. The monoisotopic (exact) mass is 241 g/mol. The Hall–Kier alpha value is -2.16. The van der Waals surface area contributed by atoms with Crippen molar-refractivity contribution < 1.29 is 8.81 Å². The second-order valence-electron chi connectivity index (χ2n) is 4.35. The van der Waals surface area contributed by atoms with Crippen molar-refractivity contribution >= 4 is 11.1 Å². The lowest BCUT2D eigenvalue weighted by molar-refractivity contribution is 0.534. The van der Waals surface area contributed by atoms with E-state index in [2.05, 4.69) is 4.98 Å². The van der Waals surface area contributed by atoms with Crippen LogP contribution in [0.5, 0.6) is 0 Å². The summed E-state index contributed by atoms with van der Waals surface area (Å²) in [6.45, 7) is 2.00. The van der Waals surface area contributed by atoms with Gasteiger partial charge >= 0.3 is 0 Å². The van der Waals surface area contributed by atoms with E-state index in [1.165, 1.54) is 6.07 Å². The highest BCUT2D eigenvalue weighted by Gasteiger charge is 2.09. The highest BCUT2D eigenvalue weighted by Crippen LogP contribution is 2.19. The molecular formula is C15H12FNO. The summed E-state index contributed by atoms with van der Waals surface area (Å²) >= 11 is 0. The molecule has 0 fully saturated rings. The quantitative estimate of drug-likeness (QED) is 0.680. The number of oxazole rings is 1. The van der Waals surface area contributed by atoms with Crippen molar-refractivity contribution in [1.82, 2.24) is 4.98 Å².